The molecule has 0 bridgehead atoms. The predicted molar refractivity (Wildman–Crippen MR) is 78.6 cm³/mol. The standard InChI is InChI=1S/C15H26N2O3/c1-4-9-16(10-5-2)14(20)17-11-7-8-15(6-3,12-17)13(18)19/h4H,1,5-12H2,2-3H3,(H,18,19). The van der Waals surface area contributed by atoms with Gasteiger partial charge in [0.15, 0.2) is 0 Å². The van der Waals surface area contributed by atoms with Crippen LogP contribution in [0.15, 0.2) is 12.7 Å². The maximum absolute atomic E-state index is 12.5. The average molecular weight is 282 g/mol. The topological polar surface area (TPSA) is 60.9 Å². The first-order chi connectivity index (χ1) is 9.50. The molecule has 0 aliphatic carbocycles. The van der Waals surface area contributed by atoms with E-state index >= 15 is 0 Å². The van der Waals surface area contributed by atoms with Gasteiger partial charge in [-0.2, -0.15) is 0 Å². The van der Waals surface area contributed by atoms with Gasteiger partial charge in [-0.25, -0.2) is 4.79 Å². The van der Waals surface area contributed by atoms with Gasteiger partial charge in [-0.3, -0.25) is 4.79 Å². The molecule has 0 radical (unpaired) electrons. The van der Waals surface area contributed by atoms with Crippen LogP contribution in [-0.4, -0.2) is 53.1 Å². The summed E-state index contributed by atoms with van der Waals surface area (Å²) in [5.41, 5.74) is -0.778. The van der Waals surface area contributed by atoms with Gasteiger partial charge in [-0.05, 0) is 25.7 Å². The minimum atomic E-state index is -0.789. The minimum Gasteiger partial charge on any atom is -0.481 e. The van der Waals surface area contributed by atoms with E-state index in [9.17, 15) is 14.7 Å². The Kier molecular flexibility index (Phi) is 6.05. The lowest BCUT2D eigenvalue weighted by Gasteiger charge is -2.41. The summed E-state index contributed by atoms with van der Waals surface area (Å²) in [6, 6.07) is -0.0643. The number of carbonyl (C=O) groups excluding carboxylic acids is 1. The molecular weight excluding hydrogens is 256 g/mol. The van der Waals surface area contributed by atoms with Gasteiger partial charge in [0, 0.05) is 26.2 Å². The molecule has 1 unspecified atom stereocenters. The van der Waals surface area contributed by atoms with Gasteiger partial charge in [0.05, 0.1) is 5.41 Å². The molecule has 0 aromatic rings. The summed E-state index contributed by atoms with van der Waals surface area (Å²) in [4.78, 5) is 27.5. The second kappa shape index (κ2) is 7.31. The fourth-order valence-corrected chi connectivity index (χ4v) is 2.80. The number of nitrogens with zero attached hydrogens (tertiary/aromatic N) is 2. The second-order valence-electron chi connectivity index (χ2n) is 5.48. The molecule has 5 heteroatoms. The van der Waals surface area contributed by atoms with Crippen molar-refractivity contribution >= 4 is 12.0 Å². The summed E-state index contributed by atoms with van der Waals surface area (Å²) in [5, 5.41) is 9.47. The van der Waals surface area contributed by atoms with Crippen LogP contribution in [0.1, 0.15) is 39.5 Å². The minimum absolute atomic E-state index is 0.0643. The number of piperidine rings is 1. The fourth-order valence-electron chi connectivity index (χ4n) is 2.80. The summed E-state index contributed by atoms with van der Waals surface area (Å²) in [6.45, 7) is 9.72. The van der Waals surface area contributed by atoms with Crippen molar-refractivity contribution in [2.45, 2.75) is 39.5 Å². The quantitative estimate of drug-likeness (QED) is 0.762. The number of carbonyl (C=O) groups is 2. The number of aliphatic carboxylic acids is 1. The van der Waals surface area contributed by atoms with Crippen molar-refractivity contribution in [2.24, 2.45) is 5.41 Å². The van der Waals surface area contributed by atoms with Crippen molar-refractivity contribution in [2.75, 3.05) is 26.2 Å². The van der Waals surface area contributed by atoms with Crippen molar-refractivity contribution in [1.82, 2.24) is 9.80 Å². The molecule has 5 nitrogen and oxygen atoms in total. The van der Waals surface area contributed by atoms with Crippen molar-refractivity contribution < 1.29 is 14.7 Å². The first-order valence-corrected chi connectivity index (χ1v) is 7.39. The lowest BCUT2D eigenvalue weighted by Crippen LogP contribution is -2.53. The molecule has 1 saturated heterocycles. The lowest BCUT2D eigenvalue weighted by molar-refractivity contribution is -0.152. The highest BCUT2D eigenvalue weighted by Gasteiger charge is 2.42. The van der Waals surface area contributed by atoms with Crippen molar-refractivity contribution in [3.8, 4) is 0 Å². The normalized spacial score (nSPS) is 22.4. The Hall–Kier alpha value is -1.52. The van der Waals surface area contributed by atoms with Crippen LogP contribution in [0.4, 0.5) is 4.79 Å². The van der Waals surface area contributed by atoms with E-state index in [4.69, 9.17) is 0 Å². The molecule has 0 spiro atoms. The zero-order valence-corrected chi connectivity index (χ0v) is 12.6. The van der Waals surface area contributed by atoms with E-state index in [0.29, 0.717) is 39.0 Å². The molecule has 1 aliphatic rings. The fraction of sp³-hybridized carbons (Fsp3) is 0.733. The van der Waals surface area contributed by atoms with Gasteiger partial charge in [-0.1, -0.05) is 19.9 Å². The molecule has 1 atom stereocenters. The van der Waals surface area contributed by atoms with E-state index in [1.54, 1.807) is 15.9 Å². The van der Waals surface area contributed by atoms with E-state index in [1.807, 2.05) is 13.8 Å². The first kappa shape index (κ1) is 16.5. The largest absolute Gasteiger partial charge is 0.481 e. The van der Waals surface area contributed by atoms with Crippen LogP contribution < -0.4 is 0 Å². The molecule has 1 fully saturated rings. The van der Waals surface area contributed by atoms with Gasteiger partial charge >= 0.3 is 12.0 Å². The van der Waals surface area contributed by atoms with Crippen molar-refractivity contribution in [1.29, 1.82) is 0 Å². The van der Waals surface area contributed by atoms with Crippen molar-refractivity contribution in [3.63, 3.8) is 0 Å². The number of carboxylic acids is 1. The van der Waals surface area contributed by atoms with Crippen LogP contribution in [0, 0.1) is 5.41 Å². The number of amides is 2. The van der Waals surface area contributed by atoms with E-state index in [1.165, 1.54) is 0 Å². The van der Waals surface area contributed by atoms with Crippen LogP contribution in [0.5, 0.6) is 0 Å². The highest BCUT2D eigenvalue weighted by atomic mass is 16.4. The smallest absolute Gasteiger partial charge is 0.320 e. The first-order valence-electron chi connectivity index (χ1n) is 7.39. The summed E-state index contributed by atoms with van der Waals surface area (Å²) >= 11 is 0. The van der Waals surface area contributed by atoms with Gasteiger partial charge < -0.3 is 14.9 Å². The van der Waals surface area contributed by atoms with Crippen LogP contribution in [0.3, 0.4) is 0 Å². The van der Waals surface area contributed by atoms with Crippen LogP contribution in [0.25, 0.3) is 0 Å². The molecule has 20 heavy (non-hydrogen) atoms. The van der Waals surface area contributed by atoms with E-state index in [0.717, 1.165) is 12.8 Å². The Morgan fingerprint density at radius 2 is 2.15 bits per heavy atom. The highest BCUT2D eigenvalue weighted by Crippen LogP contribution is 2.34. The van der Waals surface area contributed by atoms with Gasteiger partial charge in [-0.15, -0.1) is 6.58 Å². The maximum Gasteiger partial charge on any atom is 0.320 e. The number of urea groups is 1. The number of hydrogen-bond acceptors (Lipinski definition) is 2. The average Bonchev–Trinajstić information content (AvgIpc) is 2.46. The highest BCUT2D eigenvalue weighted by molar-refractivity contribution is 5.79. The van der Waals surface area contributed by atoms with E-state index < -0.39 is 11.4 Å². The Morgan fingerprint density at radius 1 is 1.45 bits per heavy atom. The third kappa shape index (κ3) is 3.52. The maximum atomic E-state index is 12.5. The van der Waals surface area contributed by atoms with Gasteiger partial charge in [0.25, 0.3) is 0 Å². The summed E-state index contributed by atoms with van der Waals surface area (Å²) in [6.07, 6.45) is 4.55. The molecule has 1 N–H and O–H groups in total. The van der Waals surface area contributed by atoms with Gasteiger partial charge in [0.1, 0.15) is 0 Å². The summed E-state index contributed by atoms with van der Waals surface area (Å²) in [5.74, 6) is -0.789. The molecule has 1 heterocycles. The zero-order chi connectivity index (χ0) is 15.2. The van der Waals surface area contributed by atoms with E-state index in [-0.39, 0.29) is 6.03 Å². The van der Waals surface area contributed by atoms with Gasteiger partial charge in [0.2, 0.25) is 0 Å². The van der Waals surface area contributed by atoms with Crippen LogP contribution in [-0.2, 0) is 4.79 Å². The molecule has 0 saturated carbocycles. The Bertz CT molecular complexity index is 370. The molecule has 114 valence electrons. The van der Waals surface area contributed by atoms with E-state index in [2.05, 4.69) is 6.58 Å². The lowest BCUT2D eigenvalue weighted by atomic mass is 9.78. The Morgan fingerprint density at radius 3 is 2.65 bits per heavy atom. The third-order valence-corrected chi connectivity index (χ3v) is 4.09. The number of carboxylic acid groups (broad SMARTS) is 1. The monoisotopic (exact) mass is 282 g/mol. The molecule has 2 amide bonds. The second-order valence-corrected chi connectivity index (χ2v) is 5.48. The number of likely N-dealkylation sites (tertiary alicyclic amines) is 1. The molecule has 1 aliphatic heterocycles. The molecule has 1 rings (SSSR count). The molecule has 0 aromatic heterocycles. The number of rotatable bonds is 6. The Balaban J connectivity index is 2.81. The van der Waals surface area contributed by atoms with Crippen molar-refractivity contribution in [3.05, 3.63) is 12.7 Å². The van der Waals surface area contributed by atoms with Crippen LogP contribution in [0.2, 0.25) is 0 Å². The molecular formula is C15H26N2O3. The Labute approximate surface area is 121 Å². The zero-order valence-electron chi connectivity index (χ0n) is 12.6. The summed E-state index contributed by atoms with van der Waals surface area (Å²) in [7, 11) is 0. The SMILES string of the molecule is C=CCN(CCC)C(=O)N1CCCC(CC)(C(=O)O)C1. The van der Waals surface area contributed by atoms with Crippen LogP contribution >= 0.6 is 0 Å². The molecule has 0 aromatic carbocycles. The third-order valence-electron chi connectivity index (χ3n) is 4.09. The summed E-state index contributed by atoms with van der Waals surface area (Å²) < 4.78 is 0. The number of hydrogen-bond donors (Lipinski definition) is 1. The predicted octanol–water partition coefficient (Wildman–Crippen LogP) is 2.58.